The average Bonchev–Trinajstić information content (AvgIpc) is 2.85. The lowest BCUT2D eigenvalue weighted by atomic mass is 9.84. The van der Waals surface area contributed by atoms with Crippen LogP contribution in [0.15, 0.2) is 24.3 Å². The van der Waals surface area contributed by atoms with Crippen LogP contribution in [0.1, 0.15) is 30.5 Å². The Morgan fingerprint density at radius 1 is 1.44 bits per heavy atom. The summed E-state index contributed by atoms with van der Waals surface area (Å²) in [6.45, 7) is 3.45. The van der Waals surface area contributed by atoms with Crippen LogP contribution < -0.4 is 5.32 Å². The van der Waals surface area contributed by atoms with E-state index in [2.05, 4.69) is 17.4 Å². The van der Waals surface area contributed by atoms with Gasteiger partial charge < -0.3 is 15.2 Å². The Morgan fingerprint density at radius 2 is 2.25 bits per heavy atom. The van der Waals surface area contributed by atoms with E-state index in [1.807, 2.05) is 19.1 Å². The maximum Gasteiger partial charge on any atom is 0.112 e. The summed E-state index contributed by atoms with van der Waals surface area (Å²) in [5.41, 5.74) is 1.76. The first-order valence-electron chi connectivity index (χ1n) is 5.87. The first kappa shape index (κ1) is 10.3. The molecule has 1 saturated heterocycles. The van der Waals surface area contributed by atoms with Gasteiger partial charge >= 0.3 is 0 Å². The van der Waals surface area contributed by atoms with Gasteiger partial charge in [-0.05, 0) is 18.1 Å². The Kier molecular flexibility index (Phi) is 2.28. The highest BCUT2D eigenvalue weighted by atomic mass is 16.5. The number of nitrogens with one attached hydrogen (secondary N) is 1. The van der Waals surface area contributed by atoms with Crippen LogP contribution >= 0.6 is 0 Å². The zero-order chi connectivity index (χ0) is 11.2. The van der Waals surface area contributed by atoms with E-state index >= 15 is 0 Å². The molecule has 3 heteroatoms. The Morgan fingerprint density at radius 3 is 3.00 bits per heavy atom. The Bertz CT molecular complexity index is 407. The molecule has 3 rings (SSSR count). The molecule has 86 valence electrons. The van der Waals surface area contributed by atoms with E-state index in [0.29, 0.717) is 13.0 Å². The van der Waals surface area contributed by atoms with Gasteiger partial charge in [0.2, 0.25) is 0 Å². The van der Waals surface area contributed by atoms with E-state index in [9.17, 15) is 5.11 Å². The van der Waals surface area contributed by atoms with E-state index in [1.165, 1.54) is 11.1 Å². The monoisotopic (exact) mass is 219 g/mol. The normalized spacial score (nSPS) is 37.6. The second-order valence-electron chi connectivity index (χ2n) is 4.77. The molecule has 0 aromatic heterocycles. The standard InChI is InChI=1S/C13H17NO2/c1-9-13(15,6-7-16-9)12-11-5-3-2-4-10(11)8-14-12/h2-5,9,12,14-15H,6-8H2,1H3. The first-order chi connectivity index (χ1) is 7.72. The zero-order valence-electron chi connectivity index (χ0n) is 9.44. The SMILES string of the molecule is CC1OCCC1(O)C1NCc2ccccc21. The van der Waals surface area contributed by atoms with E-state index in [4.69, 9.17) is 4.74 Å². The van der Waals surface area contributed by atoms with Gasteiger partial charge in [0.05, 0.1) is 12.1 Å². The molecule has 0 spiro atoms. The zero-order valence-corrected chi connectivity index (χ0v) is 9.44. The van der Waals surface area contributed by atoms with Crippen LogP contribution in [0.5, 0.6) is 0 Å². The van der Waals surface area contributed by atoms with Crippen molar-refractivity contribution in [3.05, 3.63) is 35.4 Å². The summed E-state index contributed by atoms with van der Waals surface area (Å²) in [6.07, 6.45) is 0.608. The fourth-order valence-electron chi connectivity index (χ4n) is 2.87. The fourth-order valence-corrected chi connectivity index (χ4v) is 2.87. The minimum Gasteiger partial charge on any atom is -0.385 e. The molecule has 16 heavy (non-hydrogen) atoms. The van der Waals surface area contributed by atoms with Crippen LogP contribution in [-0.4, -0.2) is 23.4 Å². The van der Waals surface area contributed by atoms with Gasteiger partial charge in [0.25, 0.3) is 0 Å². The quantitative estimate of drug-likeness (QED) is 0.749. The van der Waals surface area contributed by atoms with Crippen LogP contribution in [0, 0.1) is 0 Å². The van der Waals surface area contributed by atoms with Crippen molar-refractivity contribution in [2.75, 3.05) is 6.61 Å². The summed E-state index contributed by atoms with van der Waals surface area (Å²) in [5, 5.41) is 14.1. The molecule has 0 bridgehead atoms. The van der Waals surface area contributed by atoms with Crippen molar-refractivity contribution in [3.8, 4) is 0 Å². The highest BCUT2D eigenvalue weighted by Gasteiger charge is 2.48. The lowest BCUT2D eigenvalue weighted by molar-refractivity contribution is -0.0524. The van der Waals surface area contributed by atoms with Crippen LogP contribution in [0.3, 0.4) is 0 Å². The van der Waals surface area contributed by atoms with Crippen molar-refractivity contribution >= 4 is 0 Å². The second-order valence-corrected chi connectivity index (χ2v) is 4.77. The van der Waals surface area contributed by atoms with Crippen molar-refractivity contribution < 1.29 is 9.84 Å². The summed E-state index contributed by atoms with van der Waals surface area (Å²) in [5.74, 6) is 0. The van der Waals surface area contributed by atoms with Crippen LogP contribution in [0.2, 0.25) is 0 Å². The molecule has 1 aromatic rings. The summed E-state index contributed by atoms with van der Waals surface area (Å²) in [4.78, 5) is 0. The summed E-state index contributed by atoms with van der Waals surface area (Å²) < 4.78 is 5.51. The minimum absolute atomic E-state index is 0.0150. The van der Waals surface area contributed by atoms with Gasteiger partial charge in [-0.2, -0.15) is 0 Å². The molecule has 3 unspecified atom stereocenters. The highest BCUT2D eigenvalue weighted by molar-refractivity contribution is 5.36. The summed E-state index contributed by atoms with van der Waals surface area (Å²) >= 11 is 0. The highest BCUT2D eigenvalue weighted by Crippen LogP contribution is 2.41. The van der Waals surface area contributed by atoms with E-state index in [-0.39, 0.29) is 12.1 Å². The van der Waals surface area contributed by atoms with Crippen molar-refractivity contribution in [2.24, 2.45) is 0 Å². The number of aliphatic hydroxyl groups is 1. The van der Waals surface area contributed by atoms with E-state index in [1.54, 1.807) is 0 Å². The predicted octanol–water partition coefficient (Wildman–Crippen LogP) is 1.37. The third-order valence-corrected chi connectivity index (χ3v) is 3.94. The maximum absolute atomic E-state index is 10.7. The van der Waals surface area contributed by atoms with Gasteiger partial charge in [0.15, 0.2) is 0 Å². The Labute approximate surface area is 95.4 Å². The third-order valence-electron chi connectivity index (χ3n) is 3.94. The molecule has 2 aliphatic heterocycles. The molecule has 1 fully saturated rings. The molecule has 1 aromatic carbocycles. The van der Waals surface area contributed by atoms with Crippen LogP contribution in [0.25, 0.3) is 0 Å². The molecule has 0 amide bonds. The molecule has 0 radical (unpaired) electrons. The number of rotatable bonds is 1. The van der Waals surface area contributed by atoms with Gasteiger partial charge in [0, 0.05) is 19.6 Å². The van der Waals surface area contributed by atoms with Crippen molar-refractivity contribution in [2.45, 2.75) is 37.6 Å². The smallest absolute Gasteiger partial charge is 0.112 e. The fraction of sp³-hybridized carbons (Fsp3) is 0.538. The van der Waals surface area contributed by atoms with E-state index < -0.39 is 5.60 Å². The van der Waals surface area contributed by atoms with Crippen molar-refractivity contribution in [3.63, 3.8) is 0 Å². The maximum atomic E-state index is 10.7. The van der Waals surface area contributed by atoms with Gasteiger partial charge in [0.1, 0.15) is 5.60 Å². The number of fused-ring (bicyclic) bond motifs is 1. The second kappa shape index (κ2) is 3.55. The van der Waals surface area contributed by atoms with Gasteiger partial charge in [-0.15, -0.1) is 0 Å². The summed E-state index contributed by atoms with van der Waals surface area (Å²) in [7, 11) is 0. The Hall–Kier alpha value is -0.900. The number of hydrogen-bond donors (Lipinski definition) is 2. The predicted molar refractivity (Wildman–Crippen MR) is 61.0 cm³/mol. The molecule has 3 nitrogen and oxygen atoms in total. The summed E-state index contributed by atoms with van der Waals surface area (Å²) in [6, 6.07) is 8.31. The van der Waals surface area contributed by atoms with Gasteiger partial charge in [-0.3, -0.25) is 0 Å². The molecule has 0 aliphatic carbocycles. The molecule has 2 aliphatic rings. The first-order valence-corrected chi connectivity index (χ1v) is 5.87. The third kappa shape index (κ3) is 1.32. The molecule has 2 N–H and O–H groups in total. The van der Waals surface area contributed by atoms with Crippen LogP contribution in [0.4, 0.5) is 0 Å². The molecule has 3 atom stereocenters. The van der Waals surface area contributed by atoms with Crippen molar-refractivity contribution in [1.82, 2.24) is 5.32 Å². The molecule has 0 saturated carbocycles. The number of hydrogen-bond acceptors (Lipinski definition) is 3. The molecular formula is C13H17NO2. The Balaban J connectivity index is 1.98. The van der Waals surface area contributed by atoms with Gasteiger partial charge in [-0.25, -0.2) is 0 Å². The number of ether oxygens (including phenoxy) is 1. The van der Waals surface area contributed by atoms with Gasteiger partial charge in [-0.1, -0.05) is 24.3 Å². The lowest BCUT2D eigenvalue weighted by Gasteiger charge is -2.33. The minimum atomic E-state index is -0.757. The molecular weight excluding hydrogens is 202 g/mol. The van der Waals surface area contributed by atoms with Crippen LogP contribution in [-0.2, 0) is 11.3 Å². The number of benzene rings is 1. The average molecular weight is 219 g/mol. The topological polar surface area (TPSA) is 41.5 Å². The van der Waals surface area contributed by atoms with Crippen molar-refractivity contribution in [1.29, 1.82) is 0 Å². The largest absolute Gasteiger partial charge is 0.385 e. The lowest BCUT2D eigenvalue weighted by Crippen LogP contribution is -2.46. The molecule has 2 heterocycles. The van der Waals surface area contributed by atoms with E-state index in [0.717, 1.165) is 6.54 Å².